The molecule has 0 saturated carbocycles. The molecule has 128 valence electrons. The van der Waals surface area contributed by atoms with Gasteiger partial charge in [-0.3, -0.25) is 0 Å². The summed E-state index contributed by atoms with van der Waals surface area (Å²) in [5.74, 6) is 1.41. The second-order valence-electron chi connectivity index (χ2n) is 4.96. The number of hydrogen-bond acceptors (Lipinski definition) is 6. The first-order chi connectivity index (χ1) is 11.5. The Balaban J connectivity index is 2.36. The van der Waals surface area contributed by atoms with Crippen LogP contribution in [0.4, 0.5) is 0 Å². The average Bonchev–Trinajstić information content (AvgIpc) is 2.61. The maximum atomic E-state index is 12.5. The molecule has 0 aromatic heterocycles. The van der Waals surface area contributed by atoms with Crippen LogP contribution in [-0.4, -0.2) is 34.4 Å². The van der Waals surface area contributed by atoms with Crippen LogP contribution in [0.5, 0.6) is 28.7 Å². The Labute approximate surface area is 140 Å². The van der Waals surface area contributed by atoms with Gasteiger partial charge >= 0.3 is 5.97 Å². The predicted molar refractivity (Wildman–Crippen MR) is 88.8 cm³/mol. The van der Waals surface area contributed by atoms with Gasteiger partial charge in [0, 0.05) is 0 Å². The van der Waals surface area contributed by atoms with Crippen molar-refractivity contribution in [2.45, 2.75) is 6.92 Å². The molecular weight excluding hydrogens is 312 g/mol. The monoisotopic (exact) mass is 332 g/mol. The maximum Gasteiger partial charge on any atom is 0.343 e. The lowest BCUT2D eigenvalue weighted by Crippen LogP contribution is -2.10. The number of esters is 1. The summed E-state index contributed by atoms with van der Waals surface area (Å²) in [5.41, 5.74) is 1.27. The first-order valence-corrected chi connectivity index (χ1v) is 7.20. The van der Waals surface area contributed by atoms with Crippen molar-refractivity contribution >= 4 is 5.97 Å². The van der Waals surface area contributed by atoms with Gasteiger partial charge in [-0.05, 0) is 36.8 Å². The molecule has 0 bridgehead atoms. The fraction of sp³-hybridized carbons (Fsp3) is 0.278. The first-order valence-electron chi connectivity index (χ1n) is 7.20. The van der Waals surface area contributed by atoms with Crippen LogP contribution in [0, 0.1) is 6.92 Å². The minimum Gasteiger partial charge on any atom is -0.493 e. The highest BCUT2D eigenvalue weighted by molar-refractivity contribution is 5.93. The normalized spacial score (nSPS) is 10.0. The van der Waals surface area contributed by atoms with Gasteiger partial charge in [-0.1, -0.05) is 6.07 Å². The Hall–Kier alpha value is -2.89. The van der Waals surface area contributed by atoms with Crippen molar-refractivity contribution in [1.82, 2.24) is 0 Å². The maximum absolute atomic E-state index is 12.5. The minimum atomic E-state index is -0.559. The van der Waals surface area contributed by atoms with Gasteiger partial charge in [0.2, 0.25) is 5.75 Å². The largest absolute Gasteiger partial charge is 0.493 e. The van der Waals surface area contributed by atoms with E-state index in [0.717, 1.165) is 5.56 Å². The molecule has 0 saturated heterocycles. The highest BCUT2D eigenvalue weighted by Gasteiger charge is 2.19. The van der Waals surface area contributed by atoms with E-state index in [1.807, 2.05) is 13.0 Å². The fourth-order valence-electron chi connectivity index (χ4n) is 2.22. The summed E-state index contributed by atoms with van der Waals surface area (Å²) in [4.78, 5) is 12.5. The van der Waals surface area contributed by atoms with Gasteiger partial charge in [0.15, 0.2) is 23.0 Å². The lowest BCUT2D eigenvalue weighted by Gasteiger charge is -2.14. The van der Waals surface area contributed by atoms with Crippen LogP contribution in [0.1, 0.15) is 15.9 Å². The van der Waals surface area contributed by atoms with Crippen LogP contribution in [0.3, 0.4) is 0 Å². The molecular formula is C18H20O6. The Kier molecular flexibility index (Phi) is 5.52. The van der Waals surface area contributed by atoms with Crippen molar-refractivity contribution in [2.75, 3.05) is 28.4 Å². The Morgan fingerprint density at radius 2 is 1.33 bits per heavy atom. The fourth-order valence-corrected chi connectivity index (χ4v) is 2.22. The van der Waals surface area contributed by atoms with Crippen LogP contribution >= 0.6 is 0 Å². The molecule has 24 heavy (non-hydrogen) atoms. The minimum absolute atomic E-state index is 0.270. The number of ether oxygens (including phenoxy) is 5. The number of methoxy groups -OCH3 is 4. The SMILES string of the molecule is COc1cc(C)ccc1OC(=O)c1cc(OC)c(OC)c(OC)c1. The third kappa shape index (κ3) is 3.53. The smallest absolute Gasteiger partial charge is 0.343 e. The molecule has 0 atom stereocenters. The third-order valence-electron chi connectivity index (χ3n) is 3.42. The molecule has 0 amide bonds. The number of hydrogen-bond donors (Lipinski definition) is 0. The van der Waals surface area contributed by atoms with E-state index < -0.39 is 5.97 Å². The standard InChI is InChI=1S/C18H20O6/c1-11-6-7-13(14(8-11)20-2)24-18(19)12-9-15(21-3)17(23-5)16(10-12)22-4/h6-10H,1-5H3. The van der Waals surface area contributed by atoms with Crippen molar-refractivity contribution in [3.05, 3.63) is 41.5 Å². The van der Waals surface area contributed by atoms with Gasteiger partial charge in [0.05, 0.1) is 34.0 Å². The summed E-state index contributed by atoms with van der Waals surface area (Å²) < 4.78 is 26.4. The van der Waals surface area contributed by atoms with Gasteiger partial charge in [0.25, 0.3) is 0 Å². The molecule has 0 spiro atoms. The highest BCUT2D eigenvalue weighted by atomic mass is 16.6. The van der Waals surface area contributed by atoms with Gasteiger partial charge < -0.3 is 23.7 Å². The summed E-state index contributed by atoms with van der Waals surface area (Å²) >= 11 is 0. The Bertz CT molecular complexity index is 713. The van der Waals surface area contributed by atoms with E-state index in [0.29, 0.717) is 28.7 Å². The molecule has 6 nitrogen and oxygen atoms in total. The third-order valence-corrected chi connectivity index (χ3v) is 3.42. The summed E-state index contributed by atoms with van der Waals surface area (Å²) in [7, 11) is 5.98. The second kappa shape index (κ2) is 7.59. The molecule has 2 aromatic rings. The number of benzene rings is 2. The van der Waals surface area contributed by atoms with E-state index in [4.69, 9.17) is 23.7 Å². The number of rotatable bonds is 6. The molecule has 0 fully saturated rings. The lowest BCUT2D eigenvalue weighted by atomic mass is 10.1. The molecule has 0 N–H and O–H groups in total. The van der Waals surface area contributed by atoms with Crippen LogP contribution < -0.4 is 23.7 Å². The Morgan fingerprint density at radius 3 is 1.83 bits per heavy atom. The van der Waals surface area contributed by atoms with E-state index in [2.05, 4.69) is 0 Å². The Morgan fingerprint density at radius 1 is 0.750 bits per heavy atom. The van der Waals surface area contributed by atoms with Gasteiger partial charge in [0.1, 0.15) is 0 Å². The van der Waals surface area contributed by atoms with Crippen molar-refractivity contribution in [3.63, 3.8) is 0 Å². The van der Waals surface area contributed by atoms with Crippen molar-refractivity contribution in [1.29, 1.82) is 0 Å². The van der Waals surface area contributed by atoms with Crippen LogP contribution in [0.15, 0.2) is 30.3 Å². The number of carbonyl (C=O) groups excluding carboxylic acids is 1. The number of aryl methyl sites for hydroxylation is 1. The quantitative estimate of drug-likeness (QED) is 0.598. The van der Waals surface area contributed by atoms with E-state index in [1.54, 1.807) is 12.1 Å². The molecule has 0 unspecified atom stereocenters. The van der Waals surface area contributed by atoms with Crippen LogP contribution in [-0.2, 0) is 0 Å². The topological polar surface area (TPSA) is 63.2 Å². The summed E-state index contributed by atoms with van der Waals surface area (Å²) in [6, 6.07) is 8.37. The molecule has 2 rings (SSSR count). The number of carbonyl (C=O) groups is 1. The first kappa shape index (κ1) is 17.5. The van der Waals surface area contributed by atoms with Crippen LogP contribution in [0.25, 0.3) is 0 Å². The van der Waals surface area contributed by atoms with Crippen molar-refractivity contribution in [2.24, 2.45) is 0 Å². The van der Waals surface area contributed by atoms with E-state index in [9.17, 15) is 4.79 Å². The molecule has 0 radical (unpaired) electrons. The van der Waals surface area contributed by atoms with E-state index >= 15 is 0 Å². The average molecular weight is 332 g/mol. The molecule has 0 heterocycles. The summed E-state index contributed by atoms with van der Waals surface area (Å²) in [5, 5.41) is 0. The van der Waals surface area contributed by atoms with Gasteiger partial charge in [-0.15, -0.1) is 0 Å². The molecule has 0 aliphatic rings. The molecule has 6 heteroatoms. The molecule has 0 aliphatic carbocycles. The summed E-state index contributed by atoms with van der Waals surface area (Å²) in [6.07, 6.45) is 0. The zero-order valence-corrected chi connectivity index (χ0v) is 14.3. The zero-order valence-electron chi connectivity index (χ0n) is 14.3. The molecule has 2 aromatic carbocycles. The molecule has 0 aliphatic heterocycles. The van der Waals surface area contributed by atoms with Gasteiger partial charge in [-0.2, -0.15) is 0 Å². The van der Waals surface area contributed by atoms with E-state index in [1.165, 1.54) is 40.6 Å². The lowest BCUT2D eigenvalue weighted by molar-refractivity contribution is 0.0728. The summed E-state index contributed by atoms with van der Waals surface area (Å²) in [6.45, 7) is 1.92. The second-order valence-corrected chi connectivity index (χ2v) is 4.96. The predicted octanol–water partition coefficient (Wildman–Crippen LogP) is 3.25. The highest BCUT2D eigenvalue weighted by Crippen LogP contribution is 2.38. The van der Waals surface area contributed by atoms with Crippen LogP contribution in [0.2, 0.25) is 0 Å². The van der Waals surface area contributed by atoms with Crippen molar-refractivity contribution in [3.8, 4) is 28.7 Å². The van der Waals surface area contributed by atoms with E-state index in [-0.39, 0.29) is 5.56 Å². The van der Waals surface area contributed by atoms with Crippen molar-refractivity contribution < 1.29 is 28.5 Å². The zero-order chi connectivity index (χ0) is 17.7. The van der Waals surface area contributed by atoms with Gasteiger partial charge in [-0.25, -0.2) is 4.79 Å².